The molecule has 21 heavy (non-hydrogen) atoms. The fourth-order valence-electron chi connectivity index (χ4n) is 2.27. The lowest BCUT2D eigenvalue weighted by atomic mass is 9.98. The maximum atomic E-state index is 6.08. The molecule has 0 aliphatic carbocycles. The van der Waals surface area contributed by atoms with E-state index in [1.165, 1.54) is 5.56 Å². The van der Waals surface area contributed by atoms with Crippen molar-refractivity contribution in [2.75, 3.05) is 0 Å². The van der Waals surface area contributed by atoms with Crippen LogP contribution in [0.4, 0.5) is 0 Å². The molecule has 2 N–H and O–H groups in total. The molecular weight excluding hydrogens is 326 g/mol. The largest absolute Gasteiger partial charge is 0.457 e. The minimum atomic E-state index is 0.000764. The lowest BCUT2D eigenvalue weighted by molar-refractivity contribution is 0.469. The average Bonchev–Trinajstić information content (AvgIpc) is 2.46. The number of para-hydroxylation sites is 1. The summed E-state index contributed by atoms with van der Waals surface area (Å²) in [5, 5.41) is 0. The van der Waals surface area contributed by atoms with Gasteiger partial charge in [-0.3, -0.25) is 0 Å². The molecule has 0 aliphatic rings. The van der Waals surface area contributed by atoms with Gasteiger partial charge in [0.05, 0.1) is 0 Å². The van der Waals surface area contributed by atoms with Gasteiger partial charge in [0.1, 0.15) is 11.5 Å². The summed E-state index contributed by atoms with van der Waals surface area (Å²) in [4.78, 5) is 0. The van der Waals surface area contributed by atoms with Crippen LogP contribution >= 0.6 is 15.9 Å². The van der Waals surface area contributed by atoms with E-state index in [1.54, 1.807) is 0 Å². The Morgan fingerprint density at radius 1 is 1.10 bits per heavy atom. The first-order valence-electron chi connectivity index (χ1n) is 7.34. The van der Waals surface area contributed by atoms with Gasteiger partial charge in [-0.05, 0) is 48.6 Å². The molecule has 0 bridgehead atoms. The third kappa shape index (κ3) is 3.86. The second-order valence-corrected chi connectivity index (χ2v) is 6.28. The first-order valence-corrected chi connectivity index (χ1v) is 8.14. The SMILES string of the molecule is CCC(C)c1ccccc1Oc1ccc(C(C)N)c(Br)c1. The zero-order valence-corrected chi connectivity index (χ0v) is 14.4. The molecule has 2 atom stereocenters. The number of ether oxygens (including phenoxy) is 1. The van der Waals surface area contributed by atoms with E-state index in [-0.39, 0.29) is 6.04 Å². The predicted octanol–water partition coefficient (Wildman–Crippen LogP) is 5.77. The molecule has 0 radical (unpaired) electrons. The zero-order chi connectivity index (χ0) is 15.4. The molecule has 0 heterocycles. The predicted molar refractivity (Wildman–Crippen MR) is 92.0 cm³/mol. The number of hydrogen-bond acceptors (Lipinski definition) is 2. The molecule has 112 valence electrons. The molecular formula is C18H22BrNO. The van der Waals surface area contributed by atoms with Gasteiger partial charge < -0.3 is 10.5 Å². The van der Waals surface area contributed by atoms with Crippen molar-refractivity contribution >= 4 is 15.9 Å². The Morgan fingerprint density at radius 3 is 2.43 bits per heavy atom. The van der Waals surface area contributed by atoms with Crippen molar-refractivity contribution in [1.29, 1.82) is 0 Å². The van der Waals surface area contributed by atoms with E-state index in [4.69, 9.17) is 10.5 Å². The van der Waals surface area contributed by atoms with E-state index in [0.717, 1.165) is 28.0 Å². The topological polar surface area (TPSA) is 35.2 Å². The van der Waals surface area contributed by atoms with Gasteiger partial charge in [-0.1, -0.05) is 54.0 Å². The molecule has 3 heteroatoms. The van der Waals surface area contributed by atoms with Gasteiger partial charge in [0.25, 0.3) is 0 Å². The van der Waals surface area contributed by atoms with Crippen molar-refractivity contribution in [3.05, 3.63) is 58.1 Å². The monoisotopic (exact) mass is 347 g/mol. The van der Waals surface area contributed by atoms with Gasteiger partial charge in [-0.2, -0.15) is 0 Å². The molecule has 2 rings (SSSR count). The number of hydrogen-bond donors (Lipinski definition) is 1. The number of halogens is 1. The number of nitrogens with two attached hydrogens (primary N) is 1. The third-order valence-corrected chi connectivity index (χ3v) is 4.44. The van der Waals surface area contributed by atoms with Crippen molar-refractivity contribution < 1.29 is 4.74 Å². The van der Waals surface area contributed by atoms with Crippen LogP contribution in [0.2, 0.25) is 0 Å². The van der Waals surface area contributed by atoms with Gasteiger partial charge >= 0.3 is 0 Å². The van der Waals surface area contributed by atoms with E-state index in [9.17, 15) is 0 Å². The molecule has 0 fully saturated rings. The summed E-state index contributed by atoms with van der Waals surface area (Å²) in [5.41, 5.74) is 8.25. The van der Waals surface area contributed by atoms with Crippen molar-refractivity contribution in [3.63, 3.8) is 0 Å². The van der Waals surface area contributed by atoms with Gasteiger partial charge in [0, 0.05) is 10.5 Å². The summed E-state index contributed by atoms with van der Waals surface area (Å²) >= 11 is 3.56. The molecule has 2 aromatic rings. The van der Waals surface area contributed by atoms with Gasteiger partial charge in [-0.15, -0.1) is 0 Å². The quantitative estimate of drug-likeness (QED) is 0.744. The summed E-state index contributed by atoms with van der Waals surface area (Å²) in [6.07, 6.45) is 1.09. The molecule has 2 unspecified atom stereocenters. The van der Waals surface area contributed by atoms with Crippen LogP contribution in [0.25, 0.3) is 0 Å². The molecule has 0 amide bonds. The van der Waals surface area contributed by atoms with E-state index in [0.29, 0.717) is 5.92 Å². The fourth-order valence-corrected chi connectivity index (χ4v) is 2.99. The Kier molecular flexibility index (Phi) is 5.43. The second kappa shape index (κ2) is 7.10. The van der Waals surface area contributed by atoms with Crippen LogP contribution in [0.15, 0.2) is 46.9 Å². The Labute approximate surface area is 135 Å². The standard InChI is InChI=1S/C18H22BrNO/c1-4-12(2)15-7-5-6-8-18(15)21-14-9-10-16(13(3)20)17(19)11-14/h5-13H,4,20H2,1-3H3. The maximum absolute atomic E-state index is 6.08. The van der Waals surface area contributed by atoms with E-state index >= 15 is 0 Å². The normalized spacial score (nSPS) is 13.8. The van der Waals surface area contributed by atoms with Crippen molar-refractivity contribution in [2.45, 2.75) is 39.2 Å². The Balaban J connectivity index is 2.29. The highest BCUT2D eigenvalue weighted by Gasteiger charge is 2.11. The van der Waals surface area contributed by atoms with Gasteiger partial charge in [0.15, 0.2) is 0 Å². The lowest BCUT2D eigenvalue weighted by Gasteiger charge is -2.16. The van der Waals surface area contributed by atoms with Crippen LogP contribution in [0.3, 0.4) is 0 Å². The molecule has 0 spiro atoms. The first kappa shape index (κ1) is 16.1. The summed E-state index contributed by atoms with van der Waals surface area (Å²) < 4.78 is 7.06. The minimum absolute atomic E-state index is 0.000764. The van der Waals surface area contributed by atoms with Crippen LogP contribution < -0.4 is 10.5 Å². The van der Waals surface area contributed by atoms with E-state index < -0.39 is 0 Å². The van der Waals surface area contributed by atoms with Crippen LogP contribution in [0, 0.1) is 0 Å². The fraction of sp³-hybridized carbons (Fsp3) is 0.333. The number of rotatable bonds is 5. The second-order valence-electron chi connectivity index (χ2n) is 5.42. The highest BCUT2D eigenvalue weighted by atomic mass is 79.9. The highest BCUT2D eigenvalue weighted by Crippen LogP contribution is 2.34. The zero-order valence-electron chi connectivity index (χ0n) is 12.8. The highest BCUT2D eigenvalue weighted by molar-refractivity contribution is 9.10. The molecule has 0 aromatic heterocycles. The smallest absolute Gasteiger partial charge is 0.130 e. The maximum Gasteiger partial charge on any atom is 0.130 e. The third-order valence-electron chi connectivity index (χ3n) is 3.75. The summed E-state index contributed by atoms with van der Waals surface area (Å²) in [6.45, 7) is 6.38. The Morgan fingerprint density at radius 2 is 1.81 bits per heavy atom. The molecule has 2 aromatic carbocycles. The molecule has 2 nitrogen and oxygen atoms in total. The van der Waals surface area contributed by atoms with Gasteiger partial charge in [0.2, 0.25) is 0 Å². The molecule has 0 saturated carbocycles. The lowest BCUT2D eigenvalue weighted by Crippen LogP contribution is -2.05. The van der Waals surface area contributed by atoms with Gasteiger partial charge in [-0.25, -0.2) is 0 Å². The Bertz CT molecular complexity index is 610. The van der Waals surface area contributed by atoms with Crippen LogP contribution in [-0.4, -0.2) is 0 Å². The number of benzene rings is 2. The summed E-state index contributed by atoms with van der Waals surface area (Å²) in [6, 6.07) is 14.2. The van der Waals surface area contributed by atoms with Crippen molar-refractivity contribution in [2.24, 2.45) is 5.73 Å². The first-order chi connectivity index (χ1) is 10.0. The van der Waals surface area contributed by atoms with Crippen molar-refractivity contribution in [3.8, 4) is 11.5 Å². The van der Waals surface area contributed by atoms with Crippen LogP contribution in [-0.2, 0) is 0 Å². The van der Waals surface area contributed by atoms with E-state index in [1.807, 2.05) is 37.3 Å². The molecule has 0 saturated heterocycles. The summed E-state index contributed by atoms with van der Waals surface area (Å²) in [5.74, 6) is 2.22. The summed E-state index contributed by atoms with van der Waals surface area (Å²) in [7, 11) is 0. The van der Waals surface area contributed by atoms with Crippen LogP contribution in [0.5, 0.6) is 11.5 Å². The van der Waals surface area contributed by atoms with E-state index in [2.05, 4.69) is 41.9 Å². The molecule has 0 aliphatic heterocycles. The average molecular weight is 348 g/mol. The van der Waals surface area contributed by atoms with Crippen LogP contribution in [0.1, 0.15) is 50.3 Å². The van der Waals surface area contributed by atoms with Crippen molar-refractivity contribution in [1.82, 2.24) is 0 Å². The minimum Gasteiger partial charge on any atom is -0.457 e. The Hall–Kier alpha value is -1.32.